The molecular formula is C18H24N4O4. The number of carbonyl (C=O) groups excluding carboxylic acids is 1. The van der Waals surface area contributed by atoms with Gasteiger partial charge in [-0.15, -0.1) is 0 Å². The molecule has 2 amide bonds. The minimum absolute atomic E-state index is 0.0832. The first-order chi connectivity index (χ1) is 12.7. The number of aromatic amines is 1. The first-order valence-corrected chi connectivity index (χ1v) is 9.02. The zero-order valence-corrected chi connectivity index (χ0v) is 14.8. The van der Waals surface area contributed by atoms with Crippen LogP contribution in [-0.4, -0.2) is 66.0 Å². The Morgan fingerprint density at radius 3 is 2.81 bits per heavy atom. The van der Waals surface area contributed by atoms with Crippen LogP contribution in [0.2, 0.25) is 0 Å². The number of benzene rings is 1. The van der Waals surface area contributed by atoms with Crippen molar-refractivity contribution < 1.29 is 14.3 Å². The monoisotopic (exact) mass is 360 g/mol. The number of hydrogen-bond donors (Lipinski definition) is 2. The van der Waals surface area contributed by atoms with Gasteiger partial charge in [0.1, 0.15) is 6.10 Å². The predicted octanol–water partition coefficient (Wildman–Crippen LogP) is 1.09. The summed E-state index contributed by atoms with van der Waals surface area (Å²) < 4.78 is 12.5. The third-order valence-electron chi connectivity index (χ3n) is 5.38. The van der Waals surface area contributed by atoms with Crippen molar-refractivity contribution in [2.24, 2.45) is 0 Å². The summed E-state index contributed by atoms with van der Waals surface area (Å²) >= 11 is 0. The predicted molar refractivity (Wildman–Crippen MR) is 96.3 cm³/mol. The summed E-state index contributed by atoms with van der Waals surface area (Å²) in [6.45, 7) is 2.22. The van der Waals surface area contributed by atoms with Gasteiger partial charge >= 0.3 is 11.7 Å². The Labute approximate surface area is 151 Å². The minimum atomic E-state index is -0.110. The minimum Gasteiger partial charge on any atom is -0.377 e. The van der Waals surface area contributed by atoms with Crippen molar-refractivity contribution in [1.29, 1.82) is 0 Å². The SMILES string of the molecule is CO[C@@H]1COC[C@@H]1NC(=O)N1CCC(n2c(=O)[nH]c3ccccc32)CC1. The summed E-state index contributed by atoms with van der Waals surface area (Å²) in [5.41, 5.74) is 1.69. The number of para-hydroxylation sites is 2. The average Bonchev–Trinajstić information content (AvgIpc) is 3.24. The van der Waals surface area contributed by atoms with Crippen molar-refractivity contribution >= 4 is 17.1 Å². The summed E-state index contributed by atoms with van der Waals surface area (Å²) in [4.78, 5) is 29.6. The molecule has 0 unspecified atom stereocenters. The number of H-pyrrole nitrogens is 1. The number of urea groups is 1. The molecule has 2 aromatic rings. The fourth-order valence-electron chi connectivity index (χ4n) is 3.92. The van der Waals surface area contributed by atoms with Gasteiger partial charge in [0.05, 0.1) is 30.3 Å². The number of rotatable bonds is 3. The molecule has 26 heavy (non-hydrogen) atoms. The van der Waals surface area contributed by atoms with Gasteiger partial charge < -0.3 is 24.7 Å². The molecule has 2 saturated heterocycles. The van der Waals surface area contributed by atoms with Gasteiger partial charge in [-0.05, 0) is 25.0 Å². The fraction of sp³-hybridized carbons (Fsp3) is 0.556. The van der Waals surface area contributed by atoms with Crippen molar-refractivity contribution in [3.8, 4) is 0 Å². The van der Waals surface area contributed by atoms with Crippen LogP contribution in [0, 0.1) is 0 Å². The fourth-order valence-corrected chi connectivity index (χ4v) is 3.92. The molecule has 8 nitrogen and oxygen atoms in total. The highest BCUT2D eigenvalue weighted by Gasteiger charge is 2.32. The lowest BCUT2D eigenvalue weighted by atomic mass is 10.0. The van der Waals surface area contributed by atoms with E-state index in [0.29, 0.717) is 26.3 Å². The van der Waals surface area contributed by atoms with Crippen molar-refractivity contribution in [2.45, 2.75) is 31.0 Å². The Morgan fingerprint density at radius 2 is 2.04 bits per heavy atom. The second-order valence-corrected chi connectivity index (χ2v) is 6.90. The third-order valence-corrected chi connectivity index (χ3v) is 5.38. The van der Waals surface area contributed by atoms with Crippen LogP contribution in [-0.2, 0) is 9.47 Å². The first kappa shape index (κ1) is 17.1. The molecule has 0 aliphatic carbocycles. The maximum Gasteiger partial charge on any atom is 0.326 e. The number of fused-ring (bicyclic) bond motifs is 1. The van der Waals surface area contributed by atoms with E-state index in [1.54, 1.807) is 12.0 Å². The van der Waals surface area contributed by atoms with Gasteiger partial charge in [0, 0.05) is 26.2 Å². The smallest absolute Gasteiger partial charge is 0.326 e. The number of hydrogen-bond acceptors (Lipinski definition) is 4. The lowest BCUT2D eigenvalue weighted by Crippen LogP contribution is -2.51. The molecule has 0 radical (unpaired) electrons. The molecule has 2 aliphatic heterocycles. The van der Waals surface area contributed by atoms with Gasteiger partial charge in [-0.25, -0.2) is 9.59 Å². The third kappa shape index (κ3) is 3.10. The summed E-state index contributed by atoms with van der Waals surface area (Å²) in [7, 11) is 1.63. The lowest BCUT2D eigenvalue weighted by Gasteiger charge is -2.33. The standard InChI is InChI=1S/C18H24N4O4/c1-25-16-11-26-10-14(16)20-17(23)21-8-6-12(7-9-21)22-15-5-3-2-4-13(15)19-18(22)24/h2-5,12,14,16H,6-11H2,1H3,(H,19,24)(H,20,23)/t14-,16+/m0/s1. The van der Waals surface area contributed by atoms with E-state index in [0.717, 1.165) is 23.9 Å². The number of nitrogens with one attached hydrogen (secondary N) is 2. The number of piperidine rings is 1. The van der Waals surface area contributed by atoms with Crippen LogP contribution in [0.4, 0.5) is 4.79 Å². The molecule has 1 aromatic carbocycles. The zero-order chi connectivity index (χ0) is 18.1. The van der Waals surface area contributed by atoms with Crippen molar-refractivity contribution in [3.63, 3.8) is 0 Å². The summed E-state index contributed by atoms with van der Waals surface area (Å²) in [5, 5.41) is 3.00. The van der Waals surface area contributed by atoms with Crippen LogP contribution in [0.25, 0.3) is 11.0 Å². The van der Waals surface area contributed by atoms with Crippen LogP contribution in [0.1, 0.15) is 18.9 Å². The van der Waals surface area contributed by atoms with E-state index in [4.69, 9.17) is 9.47 Å². The lowest BCUT2D eigenvalue weighted by molar-refractivity contribution is 0.0730. The van der Waals surface area contributed by atoms with Gasteiger partial charge in [0.15, 0.2) is 0 Å². The number of ether oxygens (including phenoxy) is 2. The van der Waals surface area contributed by atoms with Crippen molar-refractivity contribution in [1.82, 2.24) is 19.8 Å². The van der Waals surface area contributed by atoms with Gasteiger partial charge in [0.2, 0.25) is 0 Å². The quantitative estimate of drug-likeness (QED) is 0.858. The van der Waals surface area contributed by atoms with Gasteiger partial charge in [-0.2, -0.15) is 0 Å². The second-order valence-electron chi connectivity index (χ2n) is 6.90. The first-order valence-electron chi connectivity index (χ1n) is 9.02. The molecule has 2 N–H and O–H groups in total. The summed E-state index contributed by atoms with van der Waals surface area (Å²) in [6, 6.07) is 7.61. The number of carbonyl (C=O) groups is 1. The van der Waals surface area contributed by atoms with Gasteiger partial charge in [0.25, 0.3) is 0 Å². The molecule has 140 valence electrons. The molecule has 4 rings (SSSR count). The second kappa shape index (κ2) is 7.13. The Hall–Kier alpha value is -2.32. The molecule has 0 spiro atoms. The Balaban J connectivity index is 1.40. The molecule has 8 heteroatoms. The Morgan fingerprint density at radius 1 is 1.27 bits per heavy atom. The Bertz CT molecular complexity index is 837. The van der Waals surface area contributed by atoms with Crippen LogP contribution < -0.4 is 11.0 Å². The van der Waals surface area contributed by atoms with E-state index in [1.165, 1.54) is 0 Å². The van der Waals surface area contributed by atoms with E-state index in [1.807, 2.05) is 28.8 Å². The average molecular weight is 360 g/mol. The number of imidazole rings is 1. The number of amides is 2. The number of likely N-dealkylation sites (tertiary alicyclic amines) is 1. The largest absolute Gasteiger partial charge is 0.377 e. The molecule has 0 saturated carbocycles. The highest BCUT2D eigenvalue weighted by molar-refractivity contribution is 5.76. The molecule has 2 fully saturated rings. The topological polar surface area (TPSA) is 88.6 Å². The molecule has 0 bridgehead atoms. The van der Waals surface area contributed by atoms with E-state index in [2.05, 4.69) is 10.3 Å². The molecular weight excluding hydrogens is 336 g/mol. The highest BCUT2D eigenvalue weighted by atomic mass is 16.5. The Kier molecular flexibility index (Phi) is 4.69. The highest BCUT2D eigenvalue weighted by Crippen LogP contribution is 2.25. The number of aromatic nitrogens is 2. The van der Waals surface area contributed by atoms with Crippen LogP contribution in [0.5, 0.6) is 0 Å². The van der Waals surface area contributed by atoms with Crippen LogP contribution >= 0.6 is 0 Å². The molecule has 2 atom stereocenters. The van der Waals surface area contributed by atoms with Crippen molar-refractivity contribution in [3.05, 3.63) is 34.7 Å². The van der Waals surface area contributed by atoms with Crippen molar-refractivity contribution in [2.75, 3.05) is 33.4 Å². The molecule has 3 heterocycles. The summed E-state index contributed by atoms with van der Waals surface area (Å²) in [5.74, 6) is 0. The summed E-state index contributed by atoms with van der Waals surface area (Å²) in [6.07, 6.45) is 1.41. The van der Waals surface area contributed by atoms with Crippen LogP contribution in [0.3, 0.4) is 0 Å². The molecule has 2 aliphatic rings. The van der Waals surface area contributed by atoms with E-state index < -0.39 is 0 Å². The maximum atomic E-state index is 12.5. The van der Waals surface area contributed by atoms with E-state index in [-0.39, 0.29) is 29.9 Å². The normalized spacial score (nSPS) is 24.3. The van der Waals surface area contributed by atoms with Gasteiger partial charge in [-0.3, -0.25) is 4.57 Å². The number of methoxy groups -OCH3 is 1. The van der Waals surface area contributed by atoms with E-state index >= 15 is 0 Å². The maximum absolute atomic E-state index is 12.5. The van der Waals surface area contributed by atoms with E-state index in [9.17, 15) is 9.59 Å². The number of nitrogens with zero attached hydrogens (tertiary/aromatic N) is 2. The molecule has 1 aromatic heterocycles. The zero-order valence-electron chi connectivity index (χ0n) is 14.8. The van der Waals surface area contributed by atoms with Crippen LogP contribution in [0.15, 0.2) is 29.1 Å². The van der Waals surface area contributed by atoms with Gasteiger partial charge in [-0.1, -0.05) is 12.1 Å².